The maximum atomic E-state index is 4.95. The third-order valence-corrected chi connectivity index (χ3v) is 1.97. The van der Waals surface area contributed by atoms with E-state index >= 15 is 0 Å². The van der Waals surface area contributed by atoms with Crippen molar-refractivity contribution in [1.29, 1.82) is 0 Å². The van der Waals surface area contributed by atoms with E-state index in [1.807, 2.05) is 11.5 Å². The summed E-state index contributed by atoms with van der Waals surface area (Å²) in [5.74, 6) is 0. The quantitative estimate of drug-likeness (QED) is 0.498. The molecule has 0 fully saturated rings. The van der Waals surface area contributed by atoms with Gasteiger partial charge in [0, 0.05) is 5.41 Å². The molecule has 0 N–H and O–H groups in total. The Hall–Kier alpha value is -0.370. The van der Waals surface area contributed by atoms with Gasteiger partial charge in [-0.05, 0) is 17.1 Å². The molecule has 0 aromatic carbocycles. The molecule has 2 heteroatoms. The molecule has 0 bridgehead atoms. The van der Waals surface area contributed by atoms with Crippen molar-refractivity contribution in [2.75, 3.05) is 0 Å². The van der Waals surface area contributed by atoms with E-state index in [9.17, 15) is 0 Å². The van der Waals surface area contributed by atoms with Gasteiger partial charge in [-0.15, -0.1) is 0 Å². The lowest BCUT2D eigenvalue weighted by molar-refractivity contribution is 0.503. The second-order valence-electron chi connectivity index (χ2n) is 3.32. The van der Waals surface area contributed by atoms with E-state index in [2.05, 4.69) is 20.8 Å². The summed E-state index contributed by atoms with van der Waals surface area (Å²) in [5.41, 5.74) is 1.57. The molecule has 1 nitrogen and oxygen atoms in total. The average molecular weight is 156 g/mol. The topological polar surface area (TPSA) is 9.23 Å². The zero-order valence-corrected chi connectivity index (χ0v) is 7.37. The molecule has 0 atom stereocenters. The van der Waals surface area contributed by atoms with Gasteiger partial charge in [0.2, 0.25) is 0 Å². The van der Waals surface area contributed by atoms with E-state index in [0.717, 1.165) is 0 Å². The van der Waals surface area contributed by atoms with Crippen LogP contribution in [0.15, 0.2) is 23.3 Å². The van der Waals surface area contributed by atoms with Crippen LogP contribution < -0.4 is 0 Å². The lowest BCUT2D eigenvalue weighted by Crippen LogP contribution is -2.07. The van der Waals surface area contributed by atoms with Crippen LogP contribution >= 0.6 is 12.0 Å². The largest absolute Gasteiger partial charge is 0.429 e. The lowest BCUT2D eigenvalue weighted by atomic mass is 9.88. The van der Waals surface area contributed by atoms with Crippen molar-refractivity contribution in [3.63, 3.8) is 0 Å². The third-order valence-electron chi connectivity index (χ3n) is 1.40. The van der Waals surface area contributed by atoms with Gasteiger partial charge >= 0.3 is 0 Å². The molecule has 1 aliphatic rings. The summed E-state index contributed by atoms with van der Waals surface area (Å²) in [6.45, 7) is 6.57. The molecule has 0 saturated carbocycles. The molecule has 0 aromatic heterocycles. The molecule has 1 heterocycles. The van der Waals surface area contributed by atoms with Gasteiger partial charge < -0.3 is 4.18 Å². The molecule has 0 saturated heterocycles. The van der Waals surface area contributed by atoms with Gasteiger partial charge in [0.15, 0.2) is 0 Å². The first-order chi connectivity index (χ1) is 4.61. The molecule has 0 unspecified atom stereocenters. The van der Waals surface area contributed by atoms with Gasteiger partial charge in [-0.3, -0.25) is 0 Å². The minimum Gasteiger partial charge on any atom is -0.429 e. The van der Waals surface area contributed by atoms with Gasteiger partial charge in [0.25, 0.3) is 0 Å². The van der Waals surface area contributed by atoms with Crippen LogP contribution in [0.4, 0.5) is 0 Å². The summed E-state index contributed by atoms with van der Waals surface area (Å²) in [7, 11) is 0. The van der Waals surface area contributed by atoms with Crippen LogP contribution in [0.5, 0.6) is 0 Å². The summed E-state index contributed by atoms with van der Waals surface area (Å²) < 4.78 is 4.95. The smallest absolute Gasteiger partial charge is 0.102 e. The maximum Gasteiger partial charge on any atom is 0.102 e. The number of hydrogen-bond acceptors (Lipinski definition) is 2. The molecule has 1 aliphatic heterocycles. The van der Waals surface area contributed by atoms with E-state index in [0.29, 0.717) is 0 Å². The SMILES string of the molecule is CC(C)(C)C1=CSOC=C1. The standard InChI is InChI=1S/C8H12OS/c1-8(2,3)7-4-5-9-10-6-7/h4-6H,1-3H3. The fourth-order valence-corrected chi connectivity index (χ4v) is 1.39. The molecule has 0 radical (unpaired) electrons. The van der Waals surface area contributed by atoms with Crippen molar-refractivity contribution < 1.29 is 4.18 Å². The summed E-state index contributed by atoms with van der Waals surface area (Å²) in [6.07, 6.45) is 3.74. The highest BCUT2D eigenvalue weighted by molar-refractivity contribution is 7.97. The fraction of sp³-hybridized carbons (Fsp3) is 0.500. The number of hydrogen-bond donors (Lipinski definition) is 0. The molecule has 0 aromatic rings. The first-order valence-electron chi connectivity index (χ1n) is 3.30. The van der Waals surface area contributed by atoms with Crippen molar-refractivity contribution in [3.05, 3.63) is 23.3 Å². The van der Waals surface area contributed by atoms with Crippen LogP contribution in [0.25, 0.3) is 0 Å². The summed E-state index contributed by atoms with van der Waals surface area (Å²) in [5, 5.41) is 2.04. The van der Waals surface area contributed by atoms with Gasteiger partial charge in [0.05, 0.1) is 12.0 Å². The summed E-state index contributed by atoms with van der Waals surface area (Å²) in [4.78, 5) is 0. The molecule has 56 valence electrons. The second kappa shape index (κ2) is 2.70. The fourth-order valence-electron chi connectivity index (χ4n) is 0.679. The van der Waals surface area contributed by atoms with Crippen molar-refractivity contribution >= 4 is 12.0 Å². The zero-order chi connectivity index (χ0) is 7.61. The molecule has 0 aliphatic carbocycles. The summed E-state index contributed by atoms with van der Waals surface area (Å²) >= 11 is 1.38. The Morgan fingerprint density at radius 2 is 2.10 bits per heavy atom. The zero-order valence-electron chi connectivity index (χ0n) is 6.55. The minimum absolute atomic E-state index is 0.243. The monoisotopic (exact) mass is 156 g/mol. The van der Waals surface area contributed by atoms with Crippen LogP contribution in [0.3, 0.4) is 0 Å². The molecular weight excluding hydrogens is 144 g/mol. The molecule has 10 heavy (non-hydrogen) atoms. The van der Waals surface area contributed by atoms with Crippen molar-refractivity contribution in [2.24, 2.45) is 5.41 Å². The molecule has 1 rings (SSSR count). The first-order valence-corrected chi connectivity index (χ1v) is 4.10. The minimum atomic E-state index is 0.243. The van der Waals surface area contributed by atoms with E-state index in [1.54, 1.807) is 6.26 Å². The Bertz CT molecular complexity index is 174. The van der Waals surface area contributed by atoms with Gasteiger partial charge in [-0.2, -0.15) is 0 Å². The number of allylic oxidation sites excluding steroid dienone is 2. The van der Waals surface area contributed by atoms with Gasteiger partial charge in [0.1, 0.15) is 6.26 Å². The lowest BCUT2D eigenvalue weighted by Gasteiger charge is -2.21. The predicted octanol–water partition coefficient (Wildman–Crippen LogP) is 3.11. The highest BCUT2D eigenvalue weighted by Gasteiger charge is 2.15. The van der Waals surface area contributed by atoms with E-state index < -0.39 is 0 Å². The van der Waals surface area contributed by atoms with Crippen molar-refractivity contribution in [2.45, 2.75) is 20.8 Å². The summed E-state index contributed by atoms with van der Waals surface area (Å²) in [6, 6.07) is 0. The normalized spacial score (nSPS) is 18.1. The van der Waals surface area contributed by atoms with Gasteiger partial charge in [-0.1, -0.05) is 20.8 Å². The Labute approximate surface area is 66.4 Å². The van der Waals surface area contributed by atoms with Crippen LogP contribution in [-0.4, -0.2) is 0 Å². The van der Waals surface area contributed by atoms with Crippen LogP contribution in [0.2, 0.25) is 0 Å². The van der Waals surface area contributed by atoms with Crippen molar-refractivity contribution in [1.82, 2.24) is 0 Å². The Morgan fingerprint density at radius 3 is 2.40 bits per heavy atom. The first kappa shape index (κ1) is 7.73. The van der Waals surface area contributed by atoms with Crippen molar-refractivity contribution in [3.8, 4) is 0 Å². The average Bonchev–Trinajstić information content (AvgIpc) is 1.88. The Kier molecular flexibility index (Phi) is 2.09. The highest BCUT2D eigenvalue weighted by Crippen LogP contribution is 2.31. The van der Waals surface area contributed by atoms with E-state index in [-0.39, 0.29) is 5.41 Å². The predicted molar refractivity (Wildman–Crippen MR) is 45.4 cm³/mol. The Morgan fingerprint density at radius 1 is 1.40 bits per heavy atom. The maximum absolute atomic E-state index is 4.95. The molecular formula is C8H12OS. The number of rotatable bonds is 0. The second-order valence-corrected chi connectivity index (χ2v) is 3.94. The molecule has 0 amide bonds. The van der Waals surface area contributed by atoms with Crippen LogP contribution in [0, 0.1) is 5.41 Å². The van der Waals surface area contributed by atoms with Crippen LogP contribution in [-0.2, 0) is 4.18 Å². The van der Waals surface area contributed by atoms with E-state index in [1.165, 1.54) is 17.6 Å². The molecule has 0 spiro atoms. The third kappa shape index (κ3) is 1.81. The Balaban J connectivity index is 2.73. The van der Waals surface area contributed by atoms with E-state index in [4.69, 9.17) is 4.18 Å². The highest BCUT2D eigenvalue weighted by atomic mass is 32.2. The van der Waals surface area contributed by atoms with Crippen LogP contribution in [0.1, 0.15) is 20.8 Å². The van der Waals surface area contributed by atoms with Gasteiger partial charge in [-0.25, -0.2) is 0 Å².